The summed E-state index contributed by atoms with van der Waals surface area (Å²) in [6.45, 7) is 0.144. The maximum Gasteiger partial charge on any atom is 0.340 e. The van der Waals surface area contributed by atoms with Gasteiger partial charge in [0.2, 0.25) is 0 Å². The average molecular weight is 290 g/mol. The van der Waals surface area contributed by atoms with Gasteiger partial charge in [-0.25, -0.2) is 9.78 Å². The number of ether oxygens (including phenoxy) is 1. The third-order valence-corrected chi connectivity index (χ3v) is 3.25. The van der Waals surface area contributed by atoms with E-state index in [0.29, 0.717) is 5.52 Å². The number of para-hydroxylation sites is 1. The zero-order valence-corrected chi connectivity index (χ0v) is 11.7. The lowest BCUT2D eigenvalue weighted by atomic mass is 10.1. The number of rotatable bonds is 4. The van der Waals surface area contributed by atoms with E-state index in [1.165, 1.54) is 0 Å². The number of hydrogen-bond acceptors (Lipinski definition) is 4. The van der Waals surface area contributed by atoms with Crippen LogP contribution < -0.4 is 0 Å². The maximum absolute atomic E-state index is 12.2. The molecule has 1 aromatic heterocycles. The highest BCUT2D eigenvalue weighted by Gasteiger charge is 2.16. The van der Waals surface area contributed by atoms with Crippen LogP contribution in [0.3, 0.4) is 0 Å². The molecule has 0 aliphatic rings. The number of fused-ring (bicyclic) bond motifs is 1. The van der Waals surface area contributed by atoms with E-state index in [9.17, 15) is 9.59 Å². The topological polar surface area (TPSA) is 56.3 Å². The third-order valence-electron chi connectivity index (χ3n) is 3.25. The fourth-order valence-electron chi connectivity index (χ4n) is 2.15. The summed E-state index contributed by atoms with van der Waals surface area (Å²) in [6.07, 6.45) is 1.70. The lowest BCUT2D eigenvalue weighted by Crippen LogP contribution is -2.10. The van der Waals surface area contributed by atoms with Crippen LogP contribution in [0, 0.1) is 0 Å². The van der Waals surface area contributed by atoms with Crippen molar-refractivity contribution in [2.75, 3.05) is 0 Å². The minimum atomic E-state index is -0.583. The number of benzene rings is 2. The standard InChI is InChI=1S/C18H12NO3/c20-11-17-15(10-14-8-4-5-9-16(14)19-17)18(21)22-12-13-6-2-1-3-7-13/h1-10H,12H2. The minimum absolute atomic E-state index is 0.0308. The number of nitrogens with zero attached hydrogens (tertiary/aromatic N) is 1. The second kappa shape index (κ2) is 6.18. The van der Waals surface area contributed by atoms with Gasteiger partial charge in [0.05, 0.1) is 11.1 Å². The average Bonchev–Trinajstić information content (AvgIpc) is 2.59. The van der Waals surface area contributed by atoms with Crippen molar-refractivity contribution in [2.45, 2.75) is 6.61 Å². The molecule has 2 aromatic carbocycles. The predicted octanol–water partition coefficient (Wildman–Crippen LogP) is 3.05. The first-order valence-electron chi connectivity index (χ1n) is 6.77. The van der Waals surface area contributed by atoms with Crippen LogP contribution in [-0.4, -0.2) is 17.2 Å². The molecule has 0 aliphatic heterocycles. The molecule has 0 saturated heterocycles. The van der Waals surface area contributed by atoms with Gasteiger partial charge in [0.1, 0.15) is 12.3 Å². The Morgan fingerprint density at radius 1 is 1.05 bits per heavy atom. The lowest BCUT2D eigenvalue weighted by Gasteiger charge is -2.07. The third kappa shape index (κ3) is 2.86. The van der Waals surface area contributed by atoms with E-state index in [1.807, 2.05) is 48.5 Å². The first kappa shape index (κ1) is 13.9. The van der Waals surface area contributed by atoms with Gasteiger partial charge in [0.25, 0.3) is 6.29 Å². The van der Waals surface area contributed by atoms with Crippen LogP contribution >= 0.6 is 0 Å². The van der Waals surface area contributed by atoms with Crippen LogP contribution in [0.2, 0.25) is 0 Å². The first-order valence-corrected chi connectivity index (χ1v) is 6.77. The first-order chi connectivity index (χ1) is 10.8. The van der Waals surface area contributed by atoms with Crippen molar-refractivity contribution in [3.63, 3.8) is 0 Å². The van der Waals surface area contributed by atoms with Gasteiger partial charge in [0, 0.05) is 5.39 Å². The molecule has 107 valence electrons. The molecule has 0 atom stereocenters. The van der Waals surface area contributed by atoms with Gasteiger partial charge >= 0.3 is 5.97 Å². The van der Waals surface area contributed by atoms with Gasteiger partial charge in [-0.3, -0.25) is 4.79 Å². The Morgan fingerprint density at radius 3 is 2.55 bits per heavy atom. The van der Waals surface area contributed by atoms with E-state index in [1.54, 1.807) is 18.4 Å². The van der Waals surface area contributed by atoms with E-state index in [2.05, 4.69) is 4.98 Å². The van der Waals surface area contributed by atoms with E-state index in [-0.39, 0.29) is 17.9 Å². The summed E-state index contributed by atoms with van der Waals surface area (Å²) >= 11 is 0. The van der Waals surface area contributed by atoms with Gasteiger partial charge in [-0.05, 0) is 17.7 Å². The number of pyridine rings is 1. The fraction of sp³-hybridized carbons (Fsp3) is 0.0556. The molecule has 3 aromatic rings. The van der Waals surface area contributed by atoms with E-state index < -0.39 is 5.97 Å². The second-order valence-corrected chi connectivity index (χ2v) is 4.74. The molecule has 0 unspecified atom stereocenters. The van der Waals surface area contributed by atoms with Crippen molar-refractivity contribution in [2.24, 2.45) is 0 Å². The van der Waals surface area contributed by atoms with Crippen molar-refractivity contribution in [3.05, 3.63) is 77.5 Å². The molecule has 22 heavy (non-hydrogen) atoms. The molecule has 0 aliphatic carbocycles. The maximum atomic E-state index is 12.2. The van der Waals surface area contributed by atoms with Crippen molar-refractivity contribution in [1.82, 2.24) is 4.98 Å². The molecule has 0 fully saturated rings. The Hall–Kier alpha value is -3.01. The van der Waals surface area contributed by atoms with Crippen LogP contribution in [-0.2, 0) is 16.1 Å². The minimum Gasteiger partial charge on any atom is -0.457 e. The molecular weight excluding hydrogens is 278 g/mol. The molecule has 0 spiro atoms. The van der Waals surface area contributed by atoms with Gasteiger partial charge in [-0.15, -0.1) is 0 Å². The van der Waals surface area contributed by atoms with Crippen molar-refractivity contribution >= 4 is 23.2 Å². The van der Waals surface area contributed by atoms with Crippen LogP contribution in [0.5, 0.6) is 0 Å². The Labute approximate surface area is 127 Å². The Balaban J connectivity index is 1.88. The molecule has 4 heteroatoms. The molecule has 0 bridgehead atoms. The highest BCUT2D eigenvalue weighted by Crippen LogP contribution is 2.17. The van der Waals surface area contributed by atoms with Crippen molar-refractivity contribution in [3.8, 4) is 0 Å². The van der Waals surface area contributed by atoms with E-state index in [0.717, 1.165) is 10.9 Å². The molecule has 0 saturated carbocycles. The summed E-state index contributed by atoms with van der Waals surface area (Å²) in [5.41, 5.74) is 1.61. The highest BCUT2D eigenvalue weighted by molar-refractivity contribution is 6.01. The Kier molecular flexibility index (Phi) is 3.92. The smallest absolute Gasteiger partial charge is 0.340 e. The summed E-state index contributed by atoms with van der Waals surface area (Å²) in [7, 11) is 0. The molecular formula is C18H12NO3. The molecule has 1 heterocycles. The lowest BCUT2D eigenvalue weighted by molar-refractivity contribution is 0.0472. The normalized spacial score (nSPS) is 10.4. The quantitative estimate of drug-likeness (QED) is 0.693. The monoisotopic (exact) mass is 290 g/mol. The zero-order valence-electron chi connectivity index (χ0n) is 11.7. The summed E-state index contributed by atoms with van der Waals surface area (Å²) in [5.74, 6) is -0.583. The number of carbonyl (C=O) groups excluding carboxylic acids is 2. The fourth-order valence-corrected chi connectivity index (χ4v) is 2.15. The Bertz CT molecular complexity index is 828. The van der Waals surface area contributed by atoms with Crippen molar-refractivity contribution in [1.29, 1.82) is 0 Å². The van der Waals surface area contributed by atoms with E-state index in [4.69, 9.17) is 4.74 Å². The van der Waals surface area contributed by atoms with Crippen LogP contribution in [0.15, 0.2) is 60.7 Å². The largest absolute Gasteiger partial charge is 0.457 e. The Morgan fingerprint density at radius 2 is 1.77 bits per heavy atom. The highest BCUT2D eigenvalue weighted by atomic mass is 16.5. The molecule has 4 nitrogen and oxygen atoms in total. The number of aromatic nitrogens is 1. The summed E-state index contributed by atoms with van der Waals surface area (Å²) in [5, 5.41) is 0.771. The molecule has 1 radical (unpaired) electrons. The molecule has 0 amide bonds. The number of carbonyl (C=O) groups is 1. The summed E-state index contributed by atoms with van der Waals surface area (Å²) in [4.78, 5) is 27.4. The summed E-state index contributed by atoms with van der Waals surface area (Å²) in [6, 6.07) is 18.2. The molecule has 0 N–H and O–H groups in total. The van der Waals surface area contributed by atoms with E-state index >= 15 is 0 Å². The van der Waals surface area contributed by atoms with Gasteiger partial charge in [-0.2, -0.15) is 0 Å². The van der Waals surface area contributed by atoms with Gasteiger partial charge in [-0.1, -0.05) is 48.5 Å². The summed E-state index contributed by atoms with van der Waals surface area (Å²) < 4.78 is 5.25. The van der Waals surface area contributed by atoms with Gasteiger partial charge < -0.3 is 4.74 Å². The second-order valence-electron chi connectivity index (χ2n) is 4.74. The predicted molar refractivity (Wildman–Crippen MR) is 82.1 cm³/mol. The van der Waals surface area contributed by atoms with Crippen molar-refractivity contribution < 1.29 is 14.3 Å². The SMILES string of the molecule is O=[C]c1nc2ccccc2cc1C(=O)OCc1ccccc1. The van der Waals surface area contributed by atoms with Gasteiger partial charge in [0.15, 0.2) is 0 Å². The van der Waals surface area contributed by atoms with Crippen LogP contribution in [0.4, 0.5) is 0 Å². The van der Waals surface area contributed by atoms with Crippen LogP contribution in [0.25, 0.3) is 10.9 Å². The molecule has 3 rings (SSSR count). The zero-order chi connectivity index (χ0) is 15.4. The number of esters is 1. The number of hydrogen-bond donors (Lipinski definition) is 0. The van der Waals surface area contributed by atoms with Crippen LogP contribution in [0.1, 0.15) is 21.6 Å².